The molecule has 2 aromatic heterocycles. The molecule has 0 bridgehead atoms. The fourth-order valence-electron chi connectivity index (χ4n) is 4.68. The van der Waals surface area contributed by atoms with Crippen LogP contribution in [0.25, 0.3) is 22.3 Å². The van der Waals surface area contributed by atoms with Crippen molar-refractivity contribution in [1.29, 1.82) is 0 Å². The minimum atomic E-state index is -1.50. The van der Waals surface area contributed by atoms with Gasteiger partial charge in [0.15, 0.2) is 6.10 Å². The fraction of sp³-hybridized carbons (Fsp3) is 0.464. The van der Waals surface area contributed by atoms with Crippen molar-refractivity contribution in [2.45, 2.75) is 73.1 Å². The molecule has 0 aliphatic carbocycles. The van der Waals surface area contributed by atoms with Crippen molar-refractivity contribution in [3.63, 3.8) is 0 Å². The Labute approximate surface area is 210 Å². The molecule has 1 atom stereocenters. The summed E-state index contributed by atoms with van der Waals surface area (Å²) in [5, 5.41) is 11.1. The molecule has 1 unspecified atom stereocenters. The third-order valence-electron chi connectivity index (χ3n) is 6.44. The average Bonchev–Trinajstić information content (AvgIpc) is 3.25. The van der Waals surface area contributed by atoms with Crippen LogP contribution in [0.2, 0.25) is 0 Å². The number of fused-ring (bicyclic) bond motifs is 5. The second kappa shape index (κ2) is 11.8. The Morgan fingerprint density at radius 2 is 1.89 bits per heavy atom. The van der Waals surface area contributed by atoms with Gasteiger partial charge in [0, 0.05) is 36.3 Å². The van der Waals surface area contributed by atoms with Crippen LogP contribution in [0.4, 0.5) is 4.39 Å². The summed E-state index contributed by atoms with van der Waals surface area (Å²) in [6.45, 7) is 10.6. The smallest absolute Gasteiger partial charge is 0.340 e. The molecule has 0 fully saturated rings. The second-order valence-electron chi connectivity index (χ2n) is 8.34. The minimum absolute atomic E-state index is 0.161. The number of nitrogens with zero attached hydrogens (tertiary/aromatic N) is 2. The maximum absolute atomic E-state index is 14.7. The summed E-state index contributed by atoms with van der Waals surface area (Å²) in [6.07, 6.45) is 0.946. The number of ether oxygens (including phenoxy) is 2. The van der Waals surface area contributed by atoms with Crippen LogP contribution in [0.5, 0.6) is 0 Å². The lowest BCUT2D eigenvalue weighted by Crippen LogP contribution is -2.32. The highest BCUT2D eigenvalue weighted by molar-refractivity contribution is 5.88. The molecule has 36 heavy (non-hydrogen) atoms. The first-order valence-corrected chi connectivity index (χ1v) is 12.6. The monoisotopic (exact) mass is 498 g/mol. The van der Waals surface area contributed by atoms with Crippen LogP contribution in [-0.4, -0.2) is 34.3 Å². The number of esters is 1. The minimum Gasteiger partial charge on any atom is -0.458 e. The van der Waals surface area contributed by atoms with E-state index in [0.717, 1.165) is 29.4 Å². The largest absolute Gasteiger partial charge is 0.458 e. The standard InChI is InChI=1S/C24H23FN2O5.2C2H6/c1-12-14(5-3-4-6-31-2)15-7-13-10-27-20(21(13)26-19(15)9-18(12)25)8-16-17(23(27)29)11-32-24(30)22(16)28;2*1-2/h7-9,22,28H,3-6,10-11H2,1-2H3;2*1-2H3. The summed E-state index contributed by atoms with van der Waals surface area (Å²) in [6, 6.07) is 5.04. The predicted molar refractivity (Wildman–Crippen MR) is 138 cm³/mol. The van der Waals surface area contributed by atoms with Gasteiger partial charge in [-0.25, -0.2) is 14.2 Å². The quantitative estimate of drug-likeness (QED) is 0.308. The molecule has 0 saturated heterocycles. The number of benzene rings is 1. The first-order valence-electron chi connectivity index (χ1n) is 12.6. The summed E-state index contributed by atoms with van der Waals surface area (Å²) in [4.78, 5) is 29.6. The number of aliphatic hydroxyl groups excluding tert-OH is 1. The van der Waals surface area contributed by atoms with Crippen LogP contribution in [0.15, 0.2) is 23.0 Å². The number of hydrogen-bond acceptors (Lipinski definition) is 6. The molecule has 0 amide bonds. The lowest BCUT2D eigenvalue weighted by Gasteiger charge is -2.21. The summed E-state index contributed by atoms with van der Waals surface area (Å²) in [5.74, 6) is -1.09. The molecular weight excluding hydrogens is 463 g/mol. The SMILES string of the molecule is CC.CC.COCCCCc1c(C)c(F)cc2nc3c(cc12)Cn1c-3cc2c(c1=O)COC(=O)C2O. The van der Waals surface area contributed by atoms with Crippen molar-refractivity contribution < 1.29 is 23.8 Å². The molecule has 4 heterocycles. The number of unbranched alkanes of at least 4 members (excludes halogenated alkanes) is 1. The Kier molecular flexibility index (Phi) is 8.98. The molecular formula is C28H35FN2O5. The van der Waals surface area contributed by atoms with E-state index in [1.165, 1.54) is 6.07 Å². The van der Waals surface area contributed by atoms with Crippen LogP contribution in [0.1, 0.15) is 74.5 Å². The molecule has 1 aromatic carbocycles. The zero-order valence-electron chi connectivity index (χ0n) is 21.9. The predicted octanol–water partition coefficient (Wildman–Crippen LogP) is 4.98. The number of cyclic esters (lactones) is 1. The van der Waals surface area contributed by atoms with E-state index in [4.69, 9.17) is 14.5 Å². The van der Waals surface area contributed by atoms with Crippen LogP contribution in [0, 0.1) is 12.7 Å². The number of rotatable bonds is 5. The zero-order chi connectivity index (χ0) is 26.6. The summed E-state index contributed by atoms with van der Waals surface area (Å²) in [5.41, 5.74) is 4.20. The van der Waals surface area contributed by atoms with E-state index in [1.807, 2.05) is 33.8 Å². The Morgan fingerprint density at radius 3 is 2.58 bits per heavy atom. The molecule has 0 saturated carbocycles. The number of carbonyl (C=O) groups is 1. The van der Waals surface area contributed by atoms with E-state index >= 15 is 0 Å². The number of pyridine rings is 2. The van der Waals surface area contributed by atoms with Gasteiger partial charge in [0.2, 0.25) is 0 Å². The number of aliphatic hydroxyl groups is 1. The van der Waals surface area contributed by atoms with Crippen molar-refractivity contribution in [3.8, 4) is 11.4 Å². The van der Waals surface area contributed by atoms with E-state index in [0.29, 0.717) is 42.0 Å². The van der Waals surface area contributed by atoms with Gasteiger partial charge in [-0.3, -0.25) is 4.79 Å². The Balaban J connectivity index is 0.000000861. The maximum atomic E-state index is 14.7. The first kappa shape index (κ1) is 27.5. The molecule has 5 rings (SSSR count). The van der Waals surface area contributed by atoms with E-state index in [9.17, 15) is 19.1 Å². The molecule has 2 aliphatic rings. The highest BCUT2D eigenvalue weighted by Gasteiger charge is 2.33. The lowest BCUT2D eigenvalue weighted by molar-refractivity contribution is -0.157. The summed E-state index contributed by atoms with van der Waals surface area (Å²) >= 11 is 0. The highest BCUT2D eigenvalue weighted by Crippen LogP contribution is 2.37. The lowest BCUT2D eigenvalue weighted by atomic mass is 9.95. The van der Waals surface area contributed by atoms with Gasteiger partial charge in [0.25, 0.3) is 5.56 Å². The average molecular weight is 499 g/mol. The van der Waals surface area contributed by atoms with Crippen molar-refractivity contribution >= 4 is 16.9 Å². The molecule has 194 valence electrons. The molecule has 0 spiro atoms. The van der Waals surface area contributed by atoms with Crippen LogP contribution in [0.3, 0.4) is 0 Å². The topological polar surface area (TPSA) is 90.7 Å². The number of halogens is 1. The van der Waals surface area contributed by atoms with Gasteiger partial charge in [-0.05, 0) is 49.4 Å². The van der Waals surface area contributed by atoms with Gasteiger partial charge in [0.1, 0.15) is 12.4 Å². The van der Waals surface area contributed by atoms with E-state index < -0.39 is 12.1 Å². The number of aryl methyl sites for hydroxylation is 1. The van der Waals surface area contributed by atoms with Gasteiger partial charge in [-0.15, -0.1) is 0 Å². The molecule has 1 N–H and O–H groups in total. The van der Waals surface area contributed by atoms with Crippen molar-refractivity contribution in [3.05, 3.63) is 62.2 Å². The summed E-state index contributed by atoms with van der Waals surface area (Å²) in [7, 11) is 1.66. The summed E-state index contributed by atoms with van der Waals surface area (Å²) < 4.78 is 26.3. The van der Waals surface area contributed by atoms with Crippen molar-refractivity contribution in [2.75, 3.05) is 13.7 Å². The first-order chi connectivity index (χ1) is 17.4. The third-order valence-corrected chi connectivity index (χ3v) is 6.44. The normalized spacial score (nSPS) is 15.1. The van der Waals surface area contributed by atoms with Gasteiger partial charge in [-0.2, -0.15) is 0 Å². The van der Waals surface area contributed by atoms with Crippen LogP contribution < -0.4 is 5.56 Å². The van der Waals surface area contributed by atoms with Gasteiger partial charge >= 0.3 is 5.97 Å². The highest BCUT2D eigenvalue weighted by atomic mass is 19.1. The van der Waals surface area contributed by atoms with Gasteiger partial charge in [-0.1, -0.05) is 27.7 Å². The number of carbonyl (C=O) groups excluding carboxylic acids is 1. The van der Waals surface area contributed by atoms with E-state index in [2.05, 4.69) is 0 Å². The van der Waals surface area contributed by atoms with Crippen molar-refractivity contribution in [1.82, 2.24) is 9.55 Å². The fourth-order valence-corrected chi connectivity index (χ4v) is 4.68. The molecule has 0 radical (unpaired) electrons. The van der Waals surface area contributed by atoms with E-state index in [1.54, 1.807) is 24.7 Å². The number of methoxy groups -OCH3 is 1. The Morgan fingerprint density at radius 1 is 1.17 bits per heavy atom. The maximum Gasteiger partial charge on any atom is 0.340 e. The Hall–Kier alpha value is -3.10. The zero-order valence-corrected chi connectivity index (χ0v) is 21.9. The van der Waals surface area contributed by atoms with Crippen LogP contribution in [-0.2, 0) is 33.8 Å². The second-order valence-corrected chi connectivity index (χ2v) is 8.34. The van der Waals surface area contributed by atoms with Gasteiger partial charge in [0.05, 0.1) is 29.0 Å². The molecule has 7 nitrogen and oxygen atoms in total. The number of aromatic nitrogens is 2. The molecule has 8 heteroatoms. The van der Waals surface area contributed by atoms with Crippen LogP contribution >= 0.6 is 0 Å². The van der Waals surface area contributed by atoms with Gasteiger partial charge < -0.3 is 19.1 Å². The Bertz CT molecular complexity index is 1330. The molecule has 2 aliphatic heterocycles. The van der Waals surface area contributed by atoms with E-state index in [-0.39, 0.29) is 29.1 Å². The third kappa shape index (κ3) is 4.80. The van der Waals surface area contributed by atoms with Crippen molar-refractivity contribution in [2.24, 2.45) is 0 Å². The molecule has 3 aromatic rings. The number of hydrogen-bond donors (Lipinski definition) is 1.